The lowest BCUT2D eigenvalue weighted by atomic mass is 10.1. The van der Waals surface area contributed by atoms with E-state index >= 15 is 0 Å². The highest BCUT2D eigenvalue weighted by atomic mass is 35.5. The summed E-state index contributed by atoms with van der Waals surface area (Å²) < 4.78 is 0. The van der Waals surface area contributed by atoms with Gasteiger partial charge >= 0.3 is 0 Å². The fourth-order valence-electron chi connectivity index (χ4n) is 1.85. The zero-order valence-electron chi connectivity index (χ0n) is 12.0. The molecule has 106 valence electrons. The van der Waals surface area contributed by atoms with Gasteiger partial charge in [-0.1, -0.05) is 37.3 Å². The first-order valence-electron chi connectivity index (χ1n) is 6.68. The quantitative estimate of drug-likeness (QED) is 0.718. The van der Waals surface area contributed by atoms with Crippen LogP contribution in [0.5, 0.6) is 0 Å². The normalized spacial score (nSPS) is 12.5. The first-order chi connectivity index (χ1) is 9.06. The van der Waals surface area contributed by atoms with E-state index in [1.165, 1.54) is 0 Å². The molecule has 0 radical (unpaired) electrons. The second kappa shape index (κ2) is 8.18. The summed E-state index contributed by atoms with van der Waals surface area (Å²) in [7, 11) is 4.01. The Hall–Kier alpha value is -1.06. The highest BCUT2D eigenvalue weighted by Crippen LogP contribution is 2.22. The standard InChI is InChI=1S/C15H23ClN2O/c1-4-10-18(12-11-17(2)3)15(19)14(16)13-8-6-5-7-9-13/h5-9,14H,4,10-12H2,1-3H3. The van der Waals surface area contributed by atoms with Gasteiger partial charge in [0.25, 0.3) is 0 Å². The van der Waals surface area contributed by atoms with Crippen LogP contribution in [0.3, 0.4) is 0 Å². The highest BCUT2D eigenvalue weighted by Gasteiger charge is 2.23. The highest BCUT2D eigenvalue weighted by molar-refractivity contribution is 6.30. The molecule has 1 atom stereocenters. The van der Waals surface area contributed by atoms with Crippen molar-refractivity contribution in [2.45, 2.75) is 18.7 Å². The van der Waals surface area contributed by atoms with Crippen molar-refractivity contribution in [2.24, 2.45) is 0 Å². The number of alkyl halides is 1. The van der Waals surface area contributed by atoms with Crippen molar-refractivity contribution in [1.29, 1.82) is 0 Å². The van der Waals surface area contributed by atoms with Crippen LogP contribution in [-0.2, 0) is 4.79 Å². The maximum absolute atomic E-state index is 12.4. The first-order valence-corrected chi connectivity index (χ1v) is 7.12. The molecule has 0 spiro atoms. The molecule has 0 saturated heterocycles. The molecular formula is C15H23ClN2O. The van der Waals surface area contributed by atoms with Crippen LogP contribution in [0.15, 0.2) is 30.3 Å². The molecule has 19 heavy (non-hydrogen) atoms. The Bertz CT molecular complexity index is 381. The Kier molecular flexibility index (Phi) is 6.89. The molecule has 0 saturated carbocycles. The van der Waals surface area contributed by atoms with Crippen LogP contribution in [0.4, 0.5) is 0 Å². The van der Waals surface area contributed by atoms with Crippen molar-refractivity contribution >= 4 is 17.5 Å². The number of halogens is 1. The third-order valence-corrected chi connectivity index (χ3v) is 3.37. The number of hydrogen-bond acceptors (Lipinski definition) is 2. The maximum Gasteiger partial charge on any atom is 0.245 e. The summed E-state index contributed by atoms with van der Waals surface area (Å²) in [6.07, 6.45) is 0.942. The number of nitrogens with zero attached hydrogens (tertiary/aromatic N) is 2. The molecule has 0 aliphatic heterocycles. The third-order valence-electron chi connectivity index (χ3n) is 2.93. The Labute approximate surface area is 121 Å². The largest absolute Gasteiger partial charge is 0.340 e. The second-order valence-electron chi connectivity index (χ2n) is 4.90. The van der Waals surface area contributed by atoms with Gasteiger partial charge in [0, 0.05) is 19.6 Å². The topological polar surface area (TPSA) is 23.6 Å². The number of carbonyl (C=O) groups is 1. The molecule has 1 aromatic rings. The third kappa shape index (κ3) is 5.21. The van der Waals surface area contributed by atoms with E-state index < -0.39 is 5.38 Å². The molecule has 0 bridgehead atoms. The number of benzene rings is 1. The molecular weight excluding hydrogens is 260 g/mol. The smallest absolute Gasteiger partial charge is 0.245 e. The zero-order valence-corrected chi connectivity index (χ0v) is 12.7. The Morgan fingerprint density at radius 2 is 1.79 bits per heavy atom. The molecule has 1 amide bonds. The van der Waals surface area contributed by atoms with Crippen LogP contribution >= 0.6 is 11.6 Å². The van der Waals surface area contributed by atoms with Crippen LogP contribution < -0.4 is 0 Å². The van der Waals surface area contributed by atoms with Crippen LogP contribution in [0, 0.1) is 0 Å². The summed E-state index contributed by atoms with van der Waals surface area (Å²) in [5.41, 5.74) is 0.861. The van der Waals surface area contributed by atoms with Gasteiger partial charge in [0.1, 0.15) is 5.38 Å². The van der Waals surface area contributed by atoms with E-state index in [0.717, 1.165) is 31.6 Å². The summed E-state index contributed by atoms with van der Waals surface area (Å²) in [4.78, 5) is 16.3. The summed E-state index contributed by atoms with van der Waals surface area (Å²) in [6, 6.07) is 9.52. The Morgan fingerprint density at radius 1 is 1.16 bits per heavy atom. The average molecular weight is 283 g/mol. The molecule has 0 N–H and O–H groups in total. The molecule has 0 aliphatic rings. The lowest BCUT2D eigenvalue weighted by molar-refractivity contribution is -0.131. The van der Waals surface area contributed by atoms with Gasteiger partial charge in [-0.15, -0.1) is 11.6 Å². The van der Waals surface area contributed by atoms with Gasteiger partial charge in [-0.2, -0.15) is 0 Å². The molecule has 0 fully saturated rings. The van der Waals surface area contributed by atoms with Crippen molar-refractivity contribution < 1.29 is 4.79 Å². The van der Waals surface area contributed by atoms with Crippen LogP contribution in [-0.4, -0.2) is 49.4 Å². The minimum absolute atomic E-state index is 0.00318. The van der Waals surface area contributed by atoms with E-state index in [-0.39, 0.29) is 5.91 Å². The van der Waals surface area contributed by atoms with E-state index in [1.54, 1.807) is 0 Å². The van der Waals surface area contributed by atoms with E-state index in [1.807, 2.05) is 49.3 Å². The monoisotopic (exact) mass is 282 g/mol. The van der Waals surface area contributed by atoms with Gasteiger partial charge in [-0.05, 0) is 26.1 Å². The molecule has 4 heteroatoms. The Morgan fingerprint density at radius 3 is 2.32 bits per heavy atom. The molecule has 0 heterocycles. The minimum Gasteiger partial charge on any atom is -0.340 e. The first kappa shape index (κ1) is 16.0. The van der Waals surface area contributed by atoms with Crippen molar-refractivity contribution in [1.82, 2.24) is 9.80 Å². The fourth-order valence-corrected chi connectivity index (χ4v) is 2.13. The Balaban J connectivity index is 2.70. The van der Waals surface area contributed by atoms with E-state index in [2.05, 4.69) is 11.8 Å². The summed E-state index contributed by atoms with van der Waals surface area (Å²) in [6.45, 7) is 4.39. The fraction of sp³-hybridized carbons (Fsp3) is 0.533. The van der Waals surface area contributed by atoms with E-state index in [0.29, 0.717) is 0 Å². The summed E-state index contributed by atoms with van der Waals surface area (Å²) in [5, 5.41) is -0.588. The van der Waals surface area contributed by atoms with Crippen LogP contribution in [0.2, 0.25) is 0 Å². The van der Waals surface area contributed by atoms with Gasteiger partial charge in [0.15, 0.2) is 0 Å². The van der Waals surface area contributed by atoms with Crippen molar-refractivity contribution in [3.05, 3.63) is 35.9 Å². The van der Waals surface area contributed by atoms with E-state index in [9.17, 15) is 4.79 Å². The number of amides is 1. The minimum atomic E-state index is -0.588. The van der Waals surface area contributed by atoms with E-state index in [4.69, 9.17) is 11.6 Å². The van der Waals surface area contributed by atoms with Crippen molar-refractivity contribution in [2.75, 3.05) is 33.7 Å². The van der Waals surface area contributed by atoms with Gasteiger partial charge in [0.05, 0.1) is 0 Å². The van der Waals surface area contributed by atoms with Crippen LogP contribution in [0.1, 0.15) is 24.3 Å². The van der Waals surface area contributed by atoms with Gasteiger partial charge in [0.2, 0.25) is 5.91 Å². The molecule has 0 aromatic heterocycles. The van der Waals surface area contributed by atoms with Gasteiger partial charge < -0.3 is 9.80 Å². The maximum atomic E-state index is 12.4. The van der Waals surface area contributed by atoms with Gasteiger partial charge in [-0.3, -0.25) is 4.79 Å². The number of carbonyl (C=O) groups excluding carboxylic acids is 1. The number of rotatable bonds is 7. The van der Waals surface area contributed by atoms with Gasteiger partial charge in [-0.25, -0.2) is 0 Å². The summed E-state index contributed by atoms with van der Waals surface area (Å²) >= 11 is 6.30. The lowest BCUT2D eigenvalue weighted by Crippen LogP contribution is -2.38. The SMILES string of the molecule is CCCN(CCN(C)C)C(=O)C(Cl)c1ccccc1. The predicted octanol–water partition coefficient (Wildman–Crippen LogP) is 2.77. The number of hydrogen-bond donors (Lipinski definition) is 0. The van der Waals surface area contributed by atoms with Crippen LogP contribution in [0.25, 0.3) is 0 Å². The molecule has 3 nitrogen and oxygen atoms in total. The van der Waals surface area contributed by atoms with Crippen molar-refractivity contribution in [3.63, 3.8) is 0 Å². The number of likely N-dealkylation sites (N-methyl/N-ethyl adjacent to an activating group) is 1. The molecule has 1 unspecified atom stereocenters. The molecule has 0 aliphatic carbocycles. The lowest BCUT2D eigenvalue weighted by Gasteiger charge is -2.26. The zero-order chi connectivity index (χ0) is 14.3. The summed E-state index contributed by atoms with van der Waals surface area (Å²) in [5.74, 6) is -0.00318. The predicted molar refractivity (Wildman–Crippen MR) is 80.5 cm³/mol. The second-order valence-corrected chi connectivity index (χ2v) is 5.34. The molecule has 1 aromatic carbocycles. The molecule has 1 rings (SSSR count). The van der Waals surface area contributed by atoms with Crippen molar-refractivity contribution in [3.8, 4) is 0 Å². The average Bonchev–Trinajstić information content (AvgIpc) is 2.42.